The van der Waals surface area contributed by atoms with Crippen LogP contribution in [0, 0.1) is 5.82 Å². The van der Waals surface area contributed by atoms with Crippen molar-refractivity contribution in [2.75, 3.05) is 0 Å². The number of ketones is 1. The van der Waals surface area contributed by atoms with Crippen molar-refractivity contribution in [3.63, 3.8) is 0 Å². The van der Waals surface area contributed by atoms with Crippen molar-refractivity contribution in [2.24, 2.45) is 0 Å². The first-order chi connectivity index (χ1) is 9.18. The molecule has 0 saturated carbocycles. The molecule has 3 rings (SSSR count). The lowest BCUT2D eigenvalue weighted by molar-refractivity contribution is 0.103. The molecule has 19 heavy (non-hydrogen) atoms. The molecule has 0 saturated heterocycles. The van der Waals surface area contributed by atoms with E-state index < -0.39 is 11.6 Å². The molecule has 0 fully saturated rings. The van der Waals surface area contributed by atoms with Gasteiger partial charge in [-0.3, -0.25) is 9.78 Å². The van der Waals surface area contributed by atoms with Crippen LogP contribution in [0.4, 0.5) is 4.39 Å². The summed E-state index contributed by atoms with van der Waals surface area (Å²) in [5, 5.41) is 0.799. The van der Waals surface area contributed by atoms with E-state index in [2.05, 4.69) is 9.97 Å². The molecule has 0 bridgehead atoms. The van der Waals surface area contributed by atoms with Crippen LogP contribution in [0.5, 0.6) is 0 Å². The molecule has 0 atom stereocenters. The number of halogens is 2. The molecule has 0 aliphatic rings. The number of H-pyrrole nitrogens is 1. The number of carbonyl (C=O) groups excluding carboxylic acids is 1. The minimum Gasteiger partial charge on any atom is -0.359 e. The molecular weight excluding hydrogens is 267 g/mol. The Bertz CT molecular complexity index is 762. The average molecular weight is 275 g/mol. The highest BCUT2D eigenvalue weighted by molar-refractivity contribution is 6.35. The first-order valence-corrected chi connectivity index (χ1v) is 5.96. The molecular formula is C14H8ClFN2O. The molecule has 94 valence electrons. The van der Waals surface area contributed by atoms with Crippen LogP contribution in [-0.2, 0) is 0 Å². The summed E-state index contributed by atoms with van der Waals surface area (Å²) in [6.45, 7) is 0. The number of fused-ring (bicyclic) bond motifs is 1. The number of benzene rings is 1. The van der Waals surface area contributed by atoms with Gasteiger partial charge in [-0.15, -0.1) is 0 Å². The van der Waals surface area contributed by atoms with E-state index in [9.17, 15) is 9.18 Å². The predicted molar refractivity (Wildman–Crippen MR) is 70.9 cm³/mol. The summed E-state index contributed by atoms with van der Waals surface area (Å²) in [4.78, 5) is 19.3. The standard InChI is InChI=1S/C14H8ClFN2O/c15-10-2-1-3-11(16)13(10)14(19)9-6-18-12-7-17-5-4-8(9)12/h1-7,18H. The molecule has 3 nitrogen and oxygen atoms in total. The van der Waals surface area contributed by atoms with Crippen molar-refractivity contribution in [2.45, 2.75) is 0 Å². The maximum Gasteiger partial charge on any atom is 0.199 e. The summed E-state index contributed by atoms with van der Waals surface area (Å²) < 4.78 is 13.8. The summed E-state index contributed by atoms with van der Waals surface area (Å²) in [6, 6.07) is 5.88. The number of nitrogens with zero attached hydrogens (tertiary/aromatic N) is 1. The second kappa shape index (κ2) is 4.48. The van der Waals surface area contributed by atoms with Crippen LogP contribution in [-0.4, -0.2) is 15.8 Å². The Kier molecular flexibility index (Phi) is 2.80. The monoisotopic (exact) mass is 274 g/mol. The molecule has 3 aromatic rings. The molecule has 0 aliphatic heterocycles. The van der Waals surface area contributed by atoms with Gasteiger partial charge in [0.25, 0.3) is 0 Å². The fraction of sp³-hybridized carbons (Fsp3) is 0. The quantitative estimate of drug-likeness (QED) is 0.726. The van der Waals surface area contributed by atoms with Gasteiger partial charge in [0.15, 0.2) is 5.78 Å². The fourth-order valence-electron chi connectivity index (χ4n) is 2.01. The van der Waals surface area contributed by atoms with Crippen LogP contribution >= 0.6 is 11.6 Å². The van der Waals surface area contributed by atoms with Crippen molar-refractivity contribution < 1.29 is 9.18 Å². The molecule has 1 aromatic carbocycles. The number of aromatic amines is 1. The highest BCUT2D eigenvalue weighted by atomic mass is 35.5. The minimum absolute atomic E-state index is 0.105. The molecule has 0 radical (unpaired) electrons. The smallest absolute Gasteiger partial charge is 0.199 e. The van der Waals surface area contributed by atoms with Crippen LogP contribution in [0.15, 0.2) is 42.9 Å². The van der Waals surface area contributed by atoms with Crippen LogP contribution in [0.1, 0.15) is 15.9 Å². The van der Waals surface area contributed by atoms with E-state index in [0.29, 0.717) is 10.9 Å². The molecule has 5 heteroatoms. The van der Waals surface area contributed by atoms with Crippen molar-refractivity contribution in [3.05, 3.63) is 64.8 Å². The number of hydrogen-bond donors (Lipinski definition) is 1. The van der Waals surface area contributed by atoms with Gasteiger partial charge in [0.1, 0.15) is 5.82 Å². The van der Waals surface area contributed by atoms with Gasteiger partial charge in [-0.05, 0) is 18.2 Å². The van der Waals surface area contributed by atoms with Gasteiger partial charge in [-0.2, -0.15) is 0 Å². The summed E-state index contributed by atoms with van der Waals surface area (Å²) in [5.41, 5.74) is 0.990. The van der Waals surface area contributed by atoms with E-state index in [1.807, 2.05) is 0 Å². The number of rotatable bonds is 2. The van der Waals surface area contributed by atoms with E-state index in [1.54, 1.807) is 18.5 Å². The first-order valence-electron chi connectivity index (χ1n) is 5.58. The molecule has 0 aliphatic carbocycles. The number of aromatic nitrogens is 2. The zero-order chi connectivity index (χ0) is 13.4. The number of hydrogen-bond acceptors (Lipinski definition) is 2. The lowest BCUT2D eigenvalue weighted by Gasteiger charge is -2.03. The predicted octanol–water partition coefficient (Wildman–Crippen LogP) is 3.59. The van der Waals surface area contributed by atoms with E-state index in [-0.39, 0.29) is 10.6 Å². The largest absolute Gasteiger partial charge is 0.359 e. The van der Waals surface area contributed by atoms with Crippen molar-refractivity contribution in [1.82, 2.24) is 9.97 Å². The zero-order valence-electron chi connectivity index (χ0n) is 9.65. The zero-order valence-corrected chi connectivity index (χ0v) is 10.4. The van der Waals surface area contributed by atoms with Gasteiger partial charge in [0.05, 0.1) is 22.3 Å². The SMILES string of the molecule is O=C(c1c(F)cccc1Cl)c1c[nH]c2cnccc12. The Hall–Kier alpha value is -2.20. The highest BCUT2D eigenvalue weighted by Crippen LogP contribution is 2.25. The maximum absolute atomic E-state index is 13.8. The summed E-state index contributed by atoms with van der Waals surface area (Å²) in [7, 11) is 0. The molecule has 0 amide bonds. The van der Waals surface area contributed by atoms with Gasteiger partial charge in [0, 0.05) is 23.3 Å². The highest BCUT2D eigenvalue weighted by Gasteiger charge is 2.20. The minimum atomic E-state index is -0.624. The molecule has 0 unspecified atom stereocenters. The van der Waals surface area contributed by atoms with Crippen LogP contribution in [0.2, 0.25) is 5.02 Å². The third-order valence-electron chi connectivity index (χ3n) is 2.92. The van der Waals surface area contributed by atoms with Gasteiger partial charge < -0.3 is 4.98 Å². The van der Waals surface area contributed by atoms with Crippen LogP contribution in [0.25, 0.3) is 10.9 Å². The van der Waals surface area contributed by atoms with Crippen molar-refractivity contribution >= 4 is 28.3 Å². The maximum atomic E-state index is 13.8. The fourth-order valence-corrected chi connectivity index (χ4v) is 2.26. The molecule has 0 spiro atoms. The number of carbonyl (C=O) groups is 1. The Morgan fingerprint density at radius 2 is 2.16 bits per heavy atom. The summed E-state index contributed by atoms with van der Waals surface area (Å²) in [5.74, 6) is -1.07. The van der Waals surface area contributed by atoms with Crippen molar-refractivity contribution in [1.29, 1.82) is 0 Å². The molecule has 2 aromatic heterocycles. The van der Waals surface area contributed by atoms with E-state index in [0.717, 1.165) is 5.52 Å². The third kappa shape index (κ3) is 1.90. The van der Waals surface area contributed by atoms with Gasteiger partial charge in [-0.25, -0.2) is 4.39 Å². The second-order valence-electron chi connectivity index (χ2n) is 4.05. The Morgan fingerprint density at radius 1 is 1.32 bits per heavy atom. The van der Waals surface area contributed by atoms with E-state index in [1.165, 1.54) is 24.4 Å². The first kappa shape index (κ1) is 11.9. The third-order valence-corrected chi connectivity index (χ3v) is 3.23. The van der Waals surface area contributed by atoms with Crippen LogP contribution < -0.4 is 0 Å². The molecule has 2 heterocycles. The normalized spacial score (nSPS) is 10.8. The second-order valence-corrected chi connectivity index (χ2v) is 4.46. The Morgan fingerprint density at radius 3 is 2.95 bits per heavy atom. The topological polar surface area (TPSA) is 45.8 Å². The number of nitrogens with one attached hydrogen (secondary N) is 1. The van der Waals surface area contributed by atoms with Crippen LogP contribution in [0.3, 0.4) is 0 Å². The van der Waals surface area contributed by atoms with E-state index >= 15 is 0 Å². The summed E-state index contributed by atoms with van der Waals surface area (Å²) in [6.07, 6.45) is 4.72. The van der Waals surface area contributed by atoms with Crippen molar-refractivity contribution in [3.8, 4) is 0 Å². The Labute approximate surface area is 113 Å². The summed E-state index contributed by atoms with van der Waals surface area (Å²) >= 11 is 5.91. The van der Waals surface area contributed by atoms with Gasteiger partial charge >= 0.3 is 0 Å². The van der Waals surface area contributed by atoms with E-state index in [4.69, 9.17) is 11.6 Å². The lowest BCUT2D eigenvalue weighted by Crippen LogP contribution is -2.04. The van der Waals surface area contributed by atoms with Gasteiger partial charge in [0.2, 0.25) is 0 Å². The lowest BCUT2D eigenvalue weighted by atomic mass is 10.0. The molecule has 1 N–H and O–H groups in total. The van der Waals surface area contributed by atoms with Gasteiger partial charge in [-0.1, -0.05) is 17.7 Å². The number of pyridine rings is 1. The Balaban J connectivity index is 2.20. The average Bonchev–Trinajstić information content (AvgIpc) is 2.82.